The molecule has 0 unspecified atom stereocenters. The zero-order valence-electron chi connectivity index (χ0n) is 15.3. The Hall–Kier alpha value is -4.13. The SMILES string of the molecule is O=C(C/C(=N/NC(=O)c1ccccc1[N+](=O)[O-])c1ccccc1)c1ccccc1. The van der Waals surface area contributed by atoms with Crippen LogP contribution in [0.3, 0.4) is 0 Å². The lowest BCUT2D eigenvalue weighted by Crippen LogP contribution is -2.22. The van der Waals surface area contributed by atoms with Gasteiger partial charge in [0, 0.05) is 11.6 Å². The van der Waals surface area contributed by atoms with Gasteiger partial charge in [-0.1, -0.05) is 72.8 Å². The van der Waals surface area contributed by atoms with E-state index in [0.717, 1.165) is 0 Å². The van der Waals surface area contributed by atoms with E-state index in [4.69, 9.17) is 0 Å². The fourth-order valence-corrected chi connectivity index (χ4v) is 2.72. The highest BCUT2D eigenvalue weighted by atomic mass is 16.6. The molecule has 3 aromatic rings. The topological polar surface area (TPSA) is 102 Å². The average Bonchev–Trinajstić information content (AvgIpc) is 2.77. The number of hydrazone groups is 1. The second-order valence-corrected chi connectivity index (χ2v) is 6.11. The zero-order valence-corrected chi connectivity index (χ0v) is 15.3. The number of Topliss-reactive ketones (excluding diaryl/α,β-unsaturated/α-hetero) is 1. The normalized spacial score (nSPS) is 11.0. The second-order valence-electron chi connectivity index (χ2n) is 6.11. The van der Waals surface area contributed by atoms with Crippen molar-refractivity contribution >= 4 is 23.1 Å². The molecule has 0 bridgehead atoms. The lowest BCUT2D eigenvalue weighted by molar-refractivity contribution is -0.385. The first kappa shape index (κ1) is 19.6. The Morgan fingerprint density at radius 1 is 0.828 bits per heavy atom. The number of nitrogens with one attached hydrogen (secondary N) is 1. The van der Waals surface area contributed by atoms with Crippen LogP contribution in [-0.4, -0.2) is 22.3 Å². The van der Waals surface area contributed by atoms with E-state index in [1.807, 2.05) is 12.1 Å². The molecule has 0 aliphatic rings. The summed E-state index contributed by atoms with van der Waals surface area (Å²) in [6.45, 7) is 0. The number of carbonyl (C=O) groups excluding carboxylic acids is 2. The van der Waals surface area contributed by atoms with Crippen LogP contribution in [0.4, 0.5) is 5.69 Å². The number of nitro benzene ring substituents is 1. The van der Waals surface area contributed by atoms with E-state index in [2.05, 4.69) is 10.5 Å². The molecule has 0 spiro atoms. The second kappa shape index (κ2) is 9.18. The van der Waals surface area contributed by atoms with E-state index in [1.165, 1.54) is 24.3 Å². The van der Waals surface area contributed by atoms with Crippen LogP contribution in [0.15, 0.2) is 90.0 Å². The summed E-state index contributed by atoms with van der Waals surface area (Å²) >= 11 is 0. The first-order valence-electron chi connectivity index (χ1n) is 8.80. The van der Waals surface area contributed by atoms with Gasteiger partial charge in [-0.05, 0) is 11.6 Å². The predicted octanol–water partition coefficient (Wildman–Crippen LogP) is 4.00. The molecule has 0 fully saturated rings. The third kappa shape index (κ3) is 4.98. The van der Waals surface area contributed by atoms with Gasteiger partial charge in [0.15, 0.2) is 5.78 Å². The summed E-state index contributed by atoms with van der Waals surface area (Å²) in [5.74, 6) is -0.883. The number of amides is 1. The largest absolute Gasteiger partial charge is 0.294 e. The van der Waals surface area contributed by atoms with E-state index >= 15 is 0 Å². The highest BCUT2D eigenvalue weighted by Crippen LogP contribution is 2.17. The molecule has 0 heterocycles. The Bertz CT molecular complexity index is 1060. The summed E-state index contributed by atoms with van der Waals surface area (Å²) in [5, 5.41) is 15.2. The van der Waals surface area contributed by atoms with Crippen LogP contribution >= 0.6 is 0 Å². The van der Waals surface area contributed by atoms with E-state index in [1.54, 1.807) is 48.5 Å². The molecule has 144 valence electrons. The minimum atomic E-state index is -0.724. The molecule has 7 heteroatoms. The van der Waals surface area contributed by atoms with Crippen LogP contribution in [-0.2, 0) is 0 Å². The van der Waals surface area contributed by atoms with E-state index in [0.29, 0.717) is 16.8 Å². The Labute approximate surface area is 166 Å². The van der Waals surface area contributed by atoms with Gasteiger partial charge in [-0.15, -0.1) is 0 Å². The molecule has 0 radical (unpaired) electrons. The van der Waals surface area contributed by atoms with Crippen LogP contribution < -0.4 is 5.43 Å². The number of carbonyl (C=O) groups is 2. The third-order valence-corrected chi connectivity index (χ3v) is 4.17. The third-order valence-electron chi connectivity index (χ3n) is 4.17. The highest BCUT2D eigenvalue weighted by Gasteiger charge is 2.19. The summed E-state index contributed by atoms with van der Waals surface area (Å²) in [4.78, 5) is 35.6. The molecule has 1 amide bonds. The molecule has 0 saturated carbocycles. The number of hydrogen-bond donors (Lipinski definition) is 1. The number of para-hydroxylation sites is 1. The molecule has 0 aliphatic carbocycles. The van der Waals surface area contributed by atoms with Crippen molar-refractivity contribution in [3.8, 4) is 0 Å². The molecule has 7 nitrogen and oxygen atoms in total. The van der Waals surface area contributed by atoms with Gasteiger partial charge < -0.3 is 0 Å². The van der Waals surface area contributed by atoms with Gasteiger partial charge in [0.2, 0.25) is 0 Å². The number of rotatable bonds is 7. The van der Waals surface area contributed by atoms with Crippen molar-refractivity contribution in [1.82, 2.24) is 5.43 Å². The van der Waals surface area contributed by atoms with Crippen molar-refractivity contribution < 1.29 is 14.5 Å². The Kier molecular flexibility index (Phi) is 6.22. The number of nitrogens with zero attached hydrogens (tertiary/aromatic N) is 2. The molecule has 29 heavy (non-hydrogen) atoms. The van der Waals surface area contributed by atoms with Gasteiger partial charge in [0.25, 0.3) is 11.6 Å². The number of ketones is 1. The van der Waals surface area contributed by atoms with Crippen LogP contribution in [0, 0.1) is 10.1 Å². The zero-order chi connectivity index (χ0) is 20.6. The highest BCUT2D eigenvalue weighted by molar-refractivity contribution is 6.16. The van der Waals surface area contributed by atoms with Gasteiger partial charge in [0.05, 0.1) is 17.1 Å². The summed E-state index contributed by atoms with van der Waals surface area (Å²) < 4.78 is 0. The lowest BCUT2D eigenvalue weighted by atomic mass is 10.0. The van der Waals surface area contributed by atoms with E-state index < -0.39 is 10.8 Å². The molecule has 1 N–H and O–H groups in total. The van der Waals surface area contributed by atoms with Crippen LogP contribution in [0.5, 0.6) is 0 Å². The maximum Gasteiger partial charge on any atom is 0.282 e. The fourth-order valence-electron chi connectivity index (χ4n) is 2.72. The smallest absolute Gasteiger partial charge is 0.282 e. The summed E-state index contributed by atoms with van der Waals surface area (Å²) in [6, 6.07) is 23.3. The van der Waals surface area contributed by atoms with Crippen molar-refractivity contribution in [3.05, 3.63) is 112 Å². The maximum absolute atomic E-state index is 12.6. The molecule has 3 rings (SSSR count). The van der Waals surface area contributed by atoms with Crippen LogP contribution in [0.2, 0.25) is 0 Å². The summed E-state index contributed by atoms with van der Waals surface area (Å²) in [7, 11) is 0. The van der Waals surface area contributed by atoms with Gasteiger partial charge in [-0.2, -0.15) is 5.10 Å². The summed E-state index contributed by atoms with van der Waals surface area (Å²) in [6.07, 6.45) is -0.0365. The molecule has 0 aliphatic heterocycles. The Morgan fingerprint density at radius 2 is 1.38 bits per heavy atom. The quantitative estimate of drug-likeness (QED) is 0.286. The van der Waals surface area contributed by atoms with E-state index in [-0.39, 0.29) is 23.5 Å². The van der Waals surface area contributed by atoms with Crippen molar-refractivity contribution in [2.75, 3.05) is 0 Å². The average molecular weight is 387 g/mol. The van der Waals surface area contributed by atoms with Gasteiger partial charge in [0.1, 0.15) is 5.56 Å². The molecule has 0 atom stereocenters. The first-order chi connectivity index (χ1) is 14.1. The van der Waals surface area contributed by atoms with Crippen molar-refractivity contribution in [2.45, 2.75) is 6.42 Å². The minimum Gasteiger partial charge on any atom is -0.294 e. The van der Waals surface area contributed by atoms with Crippen molar-refractivity contribution in [2.24, 2.45) is 5.10 Å². The first-order valence-corrected chi connectivity index (χ1v) is 8.80. The van der Waals surface area contributed by atoms with Gasteiger partial charge in [-0.3, -0.25) is 19.7 Å². The number of nitro groups is 1. The number of benzene rings is 3. The molecule has 0 saturated heterocycles. The molecule has 3 aromatic carbocycles. The minimum absolute atomic E-state index is 0.0365. The van der Waals surface area contributed by atoms with Crippen LogP contribution in [0.1, 0.15) is 32.7 Å². The standard InChI is InChI=1S/C22H17N3O4/c26-21(17-11-5-2-6-12-17)15-19(16-9-3-1-4-10-16)23-24-22(27)18-13-7-8-14-20(18)25(28)29/h1-14H,15H2,(H,24,27)/b23-19-. The predicted molar refractivity (Wildman–Crippen MR) is 109 cm³/mol. The van der Waals surface area contributed by atoms with Gasteiger partial charge >= 0.3 is 0 Å². The van der Waals surface area contributed by atoms with Crippen molar-refractivity contribution in [1.29, 1.82) is 0 Å². The lowest BCUT2D eigenvalue weighted by Gasteiger charge is -2.08. The maximum atomic E-state index is 12.6. The Balaban J connectivity index is 1.87. The van der Waals surface area contributed by atoms with Crippen LogP contribution in [0.25, 0.3) is 0 Å². The monoisotopic (exact) mass is 387 g/mol. The summed E-state index contributed by atoms with van der Waals surface area (Å²) in [5.41, 5.74) is 3.46. The molecular formula is C22H17N3O4. The van der Waals surface area contributed by atoms with Gasteiger partial charge in [-0.25, -0.2) is 5.43 Å². The number of hydrogen-bond acceptors (Lipinski definition) is 5. The van der Waals surface area contributed by atoms with E-state index in [9.17, 15) is 19.7 Å². The molecule has 0 aromatic heterocycles. The Morgan fingerprint density at radius 3 is 2.00 bits per heavy atom. The molecular weight excluding hydrogens is 370 g/mol. The fraction of sp³-hybridized carbons (Fsp3) is 0.0455. The van der Waals surface area contributed by atoms with Crippen molar-refractivity contribution in [3.63, 3.8) is 0 Å².